The molecule has 55 heavy (non-hydrogen) atoms. The Labute approximate surface area is 316 Å². The number of fused-ring (bicyclic) bond motifs is 10. The summed E-state index contributed by atoms with van der Waals surface area (Å²) in [6.45, 7) is 0. The zero-order valence-corrected chi connectivity index (χ0v) is 29.8. The molecular weight excluding hydrogens is 669 g/mol. The van der Waals surface area contributed by atoms with Crippen LogP contribution in [0.5, 0.6) is 0 Å². The topological polar surface area (TPSA) is 23.0 Å². The highest BCUT2D eigenvalue weighted by atomic mass is 16.3. The second-order valence-electron chi connectivity index (χ2n) is 14.5. The molecule has 0 aliphatic rings. The number of furan rings is 1. The van der Waals surface area contributed by atoms with E-state index in [-0.39, 0.29) is 0 Å². The van der Waals surface area contributed by atoms with Crippen LogP contribution in [0.4, 0.5) is 0 Å². The number of rotatable bonds is 4. The summed E-state index contributed by atoms with van der Waals surface area (Å²) in [5.41, 5.74) is 13.7. The highest BCUT2D eigenvalue weighted by molar-refractivity contribution is 6.16. The summed E-state index contributed by atoms with van der Waals surface area (Å²) in [5.74, 6) is 0. The monoisotopic (exact) mass is 700 g/mol. The molecule has 0 bridgehead atoms. The average molecular weight is 701 g/mol. The first kappa shape index (κ1) is 30.1. The Morgan fingerprint density at radius 1 is 0.309 bits per heavy atom. The summed E-state index contributed by atoms with van der Waals surface area (Å²) in [6, 6.07) is 70.4. The minimum atomic E-state index is 0.904. The molecular formula is C52H32N2O. The van der Waals surface area contributed by atoms with Crippen LogP contribution in [0.1, 0.15) is 0 Å². The molecule has 0 spiro atoms. The molecule has 3 aromatic heterocycles. The second kappa shape index (κ2) is 11.6. The molecule has 3 heterocycles. The van der Waals surface area contributed by atoms with Gasteiger partial charge in [0.05, 0.1) is 27.8 Å². The van der Waals surface area contributed by atoms with Gasteiger partial charge in [-0.25, -0.2) is 0 Å². The first-order valence-corrected chi connectivity index (χ1v) is 18.8. The van der Waals surface area contributed by atoms with Crippen molar-refractivity contribution in [2.24, 2.45) is 0 Å². The zero-order chi connectivity index (χ0) is 36.0. The highest BCUT2D eigenvalue weighted by Crippen LogP contribution is 2.41. The van der Waals surface area contributed by atoms with E-state index in [1.807, 2.05) is 12.1 Å². The summed E-state index contributed by atoms with van der Waals surface area (Å²) in [5, 5.41) is 9.69. The van der Waals surface area contributed by atoms with Crippen LogP contribution in [0.2, 0.25) is 0 Å². The van der Waals surface area contributed by atoms with Crippen molar-refractivity contribution in [3.63, 3.8) is 0 Å². The van der Waals surface area contributed by atoms with Crippen LogP contribution in [0.3, 0.4) is 0 Å². The predicted molar refractivity (Wildman–Crippen MR) is 231 cm³/mol. The minimum Gasteiger partial charge on any atom is -0.456 e. The van der Waals surface area contributed by atoms with Gasteiger partial charge in [0.25, 0.3) is 0 Å². The van der Waals surface area contributed by atoms with Gasteiger partial charge in [-0.1, -0.05) is 121 Å². The highest BCUT2D eigenvalue weighted by Gasteiger charge is 2.19. The van der Waals surface area contributed by atoms with Crippen LogP contribution in [-0.2, 0) is 0 Å². The molecule has 12 rings (SSSR count). The van der Waals surface area contributed by atoms with Crippen LogP contribution in [0.15, 0.2) is 199 Å². The van der Waals surface area contributed by atoms with Crippen LogP contribution in [0, 0.1) is 0 Å². The first-order chi connectivity index (χ1) is 27.3. The Hall–Kier alpha value is -7.36. The van der Waals surface area contributed by atoms with E-state index in [2.05, 4.69) is 191 Å². The second-order valence-corrected chi connectivity index (χ2v) is 14.5. The van der Waals surface area contributed by atoms with Gasteiger partial charge in [0.15, 0.2) is 0 Å². The molecule has 0 N–H and O–H groups in total. The molecule has 0 radical (unpaired) electrons. The molecule has 0 aliphatic carbocycles. The number of aromatic nitrogens is 2. The van der Waals surface area contributed by atoms with Crippen LogP contribution in [0.25, 0.3) is 110 Å². The van der Waals surface area contributed by atoms with Crippen molar-refractivity contribution in [2.45, 2.75) is 0 Å². The molecule has 0 saturated heterocycles. The first-order valence-electron chi connectivity index (χ1n) is 18.8. The summed E-state index contributed by atoms with van der Waals surface area (Å²) >= 11 is 0. The fourth-order valence-electron chi connectivity index (χ4n) is 8.96. The fraction of sp³-hybridized carbons (Fsp3) is 0. The van der Waals surface area contributed by atoms with Gasteiger partial charge >= 0.3 is 0 Å². The molecule has 0 saturated carbocycles. The quantitative estimate of drug-likeness (QED) is 0.179. The maximum absolute atomic E-state index is 6.18. The molecule has 0 aliphatic heterocycles. The van der Waals surface area contributed by atoms with Gasteiger partial charge < -0.3 is 13.6 Å². The lowest BCUT2D eigenvalue weighted by atomic mass is 10.00. The standard InChI is InChI=1S/C52H32N2O/c1-2-12-33(13-3-1)39-16-6-9-19-46(39)54-49-26-23-37(30-43(49)44-28-34-14-4-5-15-35(34)31-50(44)54)36-22-25-48-42(29-36)40-17-7-10-20-47(40)53(48)38-24-27-52-45(32-38)41-18-8-11-21-51(41)55-52/h1-32H. The number of benzene rings is 9. The maximum atomic E-state index is 6.18. The fourth-order valence-corrected chi connectivity index (χ4v) is 8.96. The van der Waals surface area contributed by atoms with Crippen LogP contribution in [-0.4, -0.2) is 9.13 Å². The van der Waals surface area contributed by atoms with Gasteiger partial charge in [0.2, 0.25) is 0 Å². The number of para-hydroxylation sites is 3. The number of hydrogen-bond donors (Lipinski definition) is 0. The van der Waals surface area contributed by atoms with Gasteiger partial charge in [-0.3, -0.25) is 0 Å². The van der Waals surface area contributed by atoms with Crippen molar-refractivity contribution < 1.29 is 4.42 Å². The summed E-state index contributed by atoms with van der Waals surface area (Å²) in [4.78, 5) is 0. The number of hydrogen-bond acceptors (Lipinski definition) is 1. The molecule has 0 amide bonds. The largest absolute Gasteiger partial charge is 0.456 e. The van der Waals surface area contributed by atoms with Gasteiger partial charge in [0, 0.05) is 43.6 Å². The Morgan fingerprint density at radius 2 is 0.909 bits per heavy atom. The summed E-state index contributed by atoms with van der Waals surface area (Å²) in [7, 11) is 0. The van der Waals surface area contributed by atoms with Crippen LogP contribution < -0.4 is 0 Å². The van der Waals surface area contributed by atoms with Crippen LogP contribution >= 0.6 is 0 Å². The van der Waals surface area contributed by atoms with Gasteiger partial charge in [0.1, 0.15) is 11.2 Å². The molecule has 0 atom stereocenters. The van der Waals surface area contributed by atoms with Crippen molar-refractivity contribution in [2.75, 3.05) is 0 Å². The van der Waals surface area contributed by atoms with Gasteiger partial charge in [-0.2, -0.15) is 0 Å². The van der Waals surface area contributed by atoms with E-state index in [1.165, 1.54) is 82.3 Å². The Morgan fingerprint density at radius 3 is 1.75 bits per heavy atom. The van der Waals surface area contributed by atoms with E-state index in [9.17, 15) is 0 Å². The molecule has 12 aromatic rings. The molecule has 0 unspecified atom stereocenters. The normalized spacial score (nSPS) is 12.0. The smallest absolute Gasteiger partial charge is 0.135 e. The SMILES string of the molecule is c1ccc(-c2ccccc2-n2c3ccc(-c4ccc5c(c4)c4ccccc4n5-c4ccc5oc6ccccc6c5c4)cc3c3cc4ccccc4cc32)cc1. The number of nitrogens with zero attached hydrogens (tertiary/aromatic N) is 2. The molecule has 3 nitrogen and oxygen atoms in total. The summed E-state index contributed by atoms with van der Waals surface area (Å²) < 4.78 is 11.0. The molecule has 0 fully saturated rings. The van der Waals surface area contributed by atoms with Gasteiger partial charge in [-0.05, 0) is 100 Å². The van der Waals surface area contributed by atoms with Gasteiger partial charge in [-0.15, -0.1) is 0 Å². The van der Waals surface area contributed by atoms with E-state index < -0.39 is 0 Å². The lowest BCUT2D eigenvalue weighted by Crippen LogP contribution is -1.97. The van der Waals surface area contributed by atoms with E-state index in [4.69, 9.17) is 4.42 Å². The van der Waals surface area contributed by atoms with E-state index in [0.717, 1.165) is 27.6 Å². The molecule has 256 valence electrons. The predicted octanol–water partition coefficient (Wildman–Crippen LogP) is 14.3. The molecule has 3 heteroatoms. The third-order valence-corrected chi connectivity index (χ3v) is 11.5. The van der Waals surface area contributed by atoms with Crippen molar-refractivity contribution >= 4 is 76.3 Å². The lowest BCUT2D eigenvalue weighted by Gasteiger charge is -2.14. The van der Waals surface area contributed by atoms with Crippen molar-refractivity contribution in [1.29, 1.82) is 0 Å². The Balaban J connectivity index is 1.07. The van der Waals surface area contributed by atoms with E-state index in [0.29, 0.717) is 0 Å². The maximum Gasteiger partial charge on any atom is 0.135 e. The van der Waals surface area contributed by atoms with Crippen molar-refractivity contribution in [3.8, 4) is 33.6 Å². The van der Waals surface area contributed by atoms with E-state index >= 15 is 0 Å². The zero-order valence-electron chi connectivity index (χ0n) is 29.8. The van der Waals surface area contributed by atoms with Crippen molar-refractivity contribution in [1.82, 2.24) is 9.13 Å². The van der Waals surface area contributed by atoms with Crippen molar-refractivity contribution in [3.05, 3.63) is 194 Å². The molecule has 9 aromatic carbocycles. The minimum absolute atomic E-state index is 0.904. The lowest BCUT2D eigenvalue weighted by molar-refractivity contribution is 0.669. The third-order valence-electron chi connectivity index (χ3n) is 11.5. The van der Waals surface area contributed by atoms with E-state index in [1.54, 1.807) is 0 Å². The third kappa shape index (κ3) is 4.50. The Bertz CT molecular complexity index is 3490. The Kier molecular flexibility index (Phi) is 6.34. The summed E-state index contributed by atoms with van der Waals surface area (Å²) in [6.07, 6.45) is 0. The average Bonchev–Trinajstić information content (AvgIpc) is 3.89.